The van der Waals surface area contributed by atoms with Crippen molar-refractivity contribution in [1.82, 2.24) is 10.6 Å². The molecule has 8 heteroatoms. The summed E-state index contributed by atoms with van der Waals surface area (Å²) in [5.74, 6) is -4.29. The van der Waals surface area contributed by atoms with Gasteiger partial charge in [0.2, 0.25) is 11.8 Å². The van der Waals surface area contributed by atoms with Crippen molar-refractivity contribution in [3.05, 3.63) is 24.3 Å². The second-order valence-corrected chi connectivity index (χ2v) is 5.50. The highest BCUT2D eigenvalue weighted by molar-refractivity contribution is 6.12. The highest BCUT2D eigenvalue weighted by Crippen LogP contribution is 2.54. The standard InChI is InChI=1S/C10H9NO4.C4H3NO2/c12-8-6-3-1-2-4(5(3)10(14)15)7(6)9(13)11-8;6-3-1-2-4(7)5-3/h1-7H,(H,14,15)(H,11,12,13);1-2H,(H,5,6,7). The van der Waals surface area contributed by atoms with Crippen LogP contribution >= 0.6 is 0 Å². The summed E-state index contributed by atoms with van der Waals surface area (Å²) < 4.78 is 0. The summed E-state index contributed by atoms with van der Waals surface area (Å²) in [6.45, 7) is 0. The first-order valence-corrected chi connectivity index (χ1v) is 6.69. The van der Waals surface area contributed by atoms with Gasteiger partial charge in [-0.25, -0.2) is 0 Å². The van der Waals surface area contributed by atoms with Crippen molar-refractivity contribution in [2.45, 2.75) is 0 Å². The smallest absolute Gasteiger partial charge is 0.307 e. The lowest BCUT2D eigenvalue weighted by molar-refractivity contribution is -0.143. The number of amides is 4. The third-order valence-electron chi connectivity index (χ3n) is 4.37. The molecule has 0 radical (unpaired) electrons. The van der Waals surface area contributed by atoms with Crippen LogP contribution in [0.25, 0.3) is 0 Å². The van der Waals surface area contributed by atoms with Crippen molar-refractivity contribution in [2.24, 2.45) is 29.6 Å². The Morgan fingerprint density at radius 2 is 1.32 bits per heavy atom. The second kappa shape index (κ2) is 4.90. The van der Waals surface area contributed by atoms with Crippen molar-refractivity contribution < 1.29 is 29.1 Å². The number of hydrogen-bond donors (Lipinski definition) is 3. The lowest BCUT2D eigenvalue weighted by Crippen LogP contribution is -2.30. The number of fused-ring (bicyclic) bond motifs is 5. The third-order valence-corrected chi connectivity index (χ3v) is 4.37. The zero-order valence-corrected chi connectivity index (χ0v) is 11.2. The Hall–Kier alpha value is -2.77. The number of aliphatic carboxylic acids is 1. The van der Waals surface area contributed by atoms with E-state index in [0.717, 1.165) is 0 Å². The maximum Gasteiger partial charge on any atom is 0.307 e. The van der Waals surface area contributed by atoms with Crippen LogP contribution in [0.1, 0.15) is 0 Å². The molecule has 114 valence electrons. The van der Waals surface area contributed by atoms with Crippen molar-refractivity contribution >= 4 is 29.6 Å². The Kier molecular flexibility index (Phi) is 3.16. The van der Waals surface area contributed by atoms with Crippen molar-refractivity contribution in [2.75, 3.05) is 0 Å². The van der Waals surface area contributed by atoms with Crippen LogP contribution in [-0.2, 0) is 24.0 Å². The molecule has 8 nitrogen and oxygen atoms in total. The van der Waals surface area contributed by atoms with Gasteiger partial charge in [0.25, 0.3) is 11.8 Å². The van der Waals surface area contributed by atoms with Crippen LogP contribution in [0, 0.1) is 29.6 Å². The number of carboxylic acids is 1. The van der Waals surface area contributed by atoms with Crippen LogP contribution in [0.3, 0.4) is 0 Å². The van der Waals surface area contributed by atoms with Crippen LogP contribution < -0.4 is 10.6 Å². The third kappa shape index (κ3) is 2.03. The fraction of sp³-hybridized carbons (Fsp3) is 0.357. The Bertz CT molecular complexity index is 618. The van der Waals surface area contributed by atoms with Gasteiger partial charge in [0, 0.05) is 24.0 Å². The highest BCUT2D eigenvalue weighted by Gasteiger charge is 2.62. The molecule has 0 spiro atoms. The van der Waals surface area contributed by atoms with Crippen molar-refractivity contribution in [1.29, 1.82) is 0 Å². The number of nitrogens with one attached hydrogen (secondary N) is 2. The summed E-state index contributed by atoms with van der Waals surface area (Å²) in [6, 6.07) is 0. The first kappa shape index (κ1) is 14.2. The monoisotopic (exact) mass is 304 g/mol. The van der Waals surface area contributed by atoms with E-state index in [-0.39, 0.29) is 35.5 Å². The van der Waals surface area contributed by atoms with Gasteiger partial charge in [-0.1, -0.05) is 12.2 Å². The summed E-state index contributed by atoms with van der Waals surface area (Å²) in [5, 5.41) is 13.3. The van der Waals surface area contributed by atoms with E-state index < -0.39 is 23.7 Å². The SMILES string of the molecule is O=C(O)C1C2C=CC1C1C(=O)NC(=O)C21.O=C1C=CC(=O)N1. The van der Waals surface area contributed by atoms with E-state index in [9.17, 15) is 24.0 Å². The molecule has 4 aliphatic rings. The largest absolute Gasteiger partial charge is 0.481 e. The topological polar surface area (TPSA) is 130 Å². The summed E-state index contributed by atoms with van der Waals surface area (Å²) in [4.78, 5) is 54.0. The summed E-state index contributed by atoms with van der Waals surface area (Å²) >= 11 is 0. The summed E-state index contributed by atoms with van der Waals surface area (Å²) in [6.07, 6.45) is 5.93. The van der Waals surface area contributed by atoms with E-state index in [1.165, 1.54) is 12.2 Å². The fourth-order valence-corrected chi connectivity index (χ4v) is 3.57. The Morgan fingerprint density at radius 3 is 1.64 bits per heavy atom. The number of imide groups is 2. The average Bonchev–Trinajstić information content (AvgIpc) is 3.15. The molecule has 3 N–H and O–H groups in total. The molecule has 0 aromatic heterocycles. The Morgan fingerprint density at radius 1 is 0.864 bits per heavy atom. The number of allylic oxidation sites excluding steroid dienone is 2. The molecular weight excluding hydrogens is 292 g/mol. The Balaban J connectivity index is 0.000000174. The van der Waals surface area contributed by atoms with Crippen molar-refractivity contribution in [3.63, 3.8) is 0 Å². The average molecular weight is 304 g/mol. The quantitative estimate of drug-likeness (QED) is 0.403. The van der Waals surface area contributed by atoms with Crippen LogP contribution in [0.5, 0.6) is 0 Å². The predicted molar refractivity (Wildman–Crippen MR) is 69.7 cm³/mol. The zero-order chi connectivity index (χ0) is 16.0. The molecule has 2 heterocycles. The molecule has 4 rings (SSSR count). The minimum Gasteiger partial charge on any atom is -0.481 e. The van der Waals surface area contributed by atoms with E-state index in [4.69, 9.17) is 5.11 Å². The van der Waals surface area contributed by atoms with Crippen LogP contribution in [0.4, 0.5) is 0 Å². The molecule has 4 amide bonds. The van der Waals surface area contributed by atoms with Gasteiger partial charge in [-0.15, -0.1) is 0 Å². The van der Waals surface area contributed by atoms with Gasteiger partial charge in [0.05, 0.1) is 17.8 Å². The first-order valence-electron chi connectivity index (χ1n) is 6.69. The molecule has 1 saturated heterocycles. The predicted octanol–water partition coefficient (Wildman–Crippen LogP) is -1.41. The molecule has 0 aromatic rings. The van der Waals surface area contributed by atoms with E-state index in [2.05, 4.69) is 5.32 Å². The molecule has 2 aliphatic carbocycles. The van der Waals surface area contributed by atoms with Crippen molar-refractivity contribution in [3.8, 4) is 0 Å². The van der Waals surface area contributed by atoms with Crippen LogP contribution in [0.2, 0.25) is 0 Å². The summed E-state index contributed by atoms with van der Waals surface area (Å²) in [7, 11) is 0. The van der Waals surface area contributed by atoms with Gasteiger partial charge < -0.3 is 5.11 Å². The molecule has 0 aromatic carbocycles. The van der Waals surface area contributed by atoms with E-state index in [0.29, 0.717) is 0 Å². The molecule has 2 aliphatic heterocycles. The van der Waals surface area contributed by atoms with E-state index >= 15 is 0 Å². The first-order chi connectivity index (χ1) is 10.4. The second-order valence-electron chi connectivity index (χ2n) is 5.50. The van der Waals surface area contributed by atoms with Crippen LogP contribution in [0.15, 0.2) is 24.3 Å². The van der Waals surface area contributed by atoms with Gasteiger partial charge >= 0.3 is 5.97 Å². The molecule has 22 heavy (non-hydrogen) atoms. The molecule has 1 saturated carbocycles. The van der Waals surface area contributed by atoms with Gasteiger partial charge in [0.15, 0.2) is 0 Å². The lowest BCUT2D eigenvalue weighted by Gasteiger charge is -2.13. The van der Waals surface area contributed by atoms with Gasteiger partial charge in [-0.3, -0.25) is 34.6 Å². The van der Waals surface area contributed by atoms with Gasteiger partial charge in [0.1, 0.15) is 0 Å². The summed E-state index contributed by atoms with van der Waals surface area (Å²) in [5.41, 5.74) is 0. The highest BCUT2D eigenvalue weighted by atomic mass is 16.4. The van der Waals surface area contributed by atoms with E-state index in [1.54, 1.807) is 12.2 Å². The minimum atomic E-state index is -0.912. The number of carboxylic acid groups (broad SMARTS) is 1. The number of carbonyl (C=O) groups excluding carboxylic acids is 4. The maximum absolute atomic E-state index is 11.5. The normalized spacial score (nSPS) is 36.8. The molecule has 2 bridgehead atoms. The van der Waals surface area contributed by atoms with Gasteiger partial charge in [-0.2, -0.15) is 0 Å². The number of carbonyl (C=O) groups is 5. The molecule has 4 unspecified atom stereocenters. The number of rotatable bonds is 1. The molecular formula is C14H12N2O6. The fourth-order valence-electron chi connectivity index (χ4n) is 3.57. The van der Waals surface area contributed by atoms with Gasteiger partial charge in [-0.05, 0) is 0 Å². The lowest BCUT2D eigenvalue weighted by atomic mass is 9.85. The van der Waals surface area contributed by atoms with E-state index in [1.807, 2.05) is 5.32 Å². The zero-order valence-electron chi connectivity index (χ0n) is 11.2. The van der Waals surface area contributed by atoms with Crippen LogP contribution in [-0.4, -0.2) is 34.7 Å². The minimum absolute atomic E-state index is 0.302. The molecule has 4 atom stereocenters. The maximum atomic E-state index is 11.5. The Labute approximate surface area is 124 Å². The number of hydrogen-bond acceptors (Lipinski definition) is 5. The molecule has 2 fully saturated rings.